The number of rotatable bonds is 9. The Morgan fingerprint density at radius 1 is 1.06 bits per heavy atom. The summed E-state index contributed by atoms with van der Waals surface area (Å²) in [5.41, 5.74) is 0.858. The molecule has 1 aliphatic rings. The van der Waals surface area contributed by atoms with E-state index in [9.17, 15) is 9.59 Å². The minimum atomic E-state index is -0.284. The van der Waals surface area contributed by atoms with Crippen LogP contribution in [0.25, 0.3) is 22.2 Å². The first kappa shape index (κ1) is 26.0. The summed E-state index contributed by atoms with van der Waals surface area (Å²) in [6.07, 6.45) is 3.25. The SMILES string of the molecule is CNc1ncc2cc(-c3c(Cl)c(OC)cc(OC)c3Cl)c(=O)n(CCCN3CCN(C=O)CC3)c2n1. The number of hydrogen-bond donors (Lipinski definition) is 1. The van der Waals surface area contributed by atoms with Gasteiger partial charge < -0.3 is 19.7 Å². The van der Waals surface area contributed by atoms with Gasteiger partial charge in [0.25, 0.3) is 5.56 Å². The van der Waals surface area contributed by atoms with Crippen LogP contribution < -0.4 is 20.3 Å². The molecule has 0 saturated carbocycles. The minimum Gasteiger partial charge on any atom is -0.495 e. The molecule has 0 atom stereocenters. The van der Waals surface area contributed by atoms with Gasteiger partial charge in [-0.05, 0) is 19.0 Å². The fraction of sp³-hybridized carbons (Fsp3) is 0.417. The number of methoxy groups -OCH3 is 2. The molecule has 1 saturated heterocycles. The summed E-state index contributed by atoms with van der Waals surface area (Å²) in [5.74, 6) is 1.10. The maximum absolute atomic E-state index is 13.9. The van der Waals surface area contributed by atoms with Gasteiger partial charge >= 0.3 is 0 Å². The molecule has 3 heterocycles. The summed E-state index contributed by atoms with van der Waals surface area (Å²) in [7, 11) is 4.69. The Labute approximate surface area is 218 Å². The topological polar surface area (TPSA) is 102 Å². The van der Waals surface area contributed by atoms with Crippen LogP contribution in [0.1, 0.15) is 6.42 Å². The summed E-state index contributed by atoms with van der Waals surface area (Å²) in [6, 6.07) is 3.28. The predicted octanol–water partition coefficient (Wildman–Crippen LogP) is 2.99. The molecule has 12 heteroatoms. The molecule has 36 heavy (non-hydrogen) atoms. The molecule has 10 nitrogen and oxygen atoms in total. The molecule has 0 bridgehead atoms. The van der Waals surface area contributed by atoms with E-state index in [1.54, 1.807) is 34.8 Å². The second-order valence-electron chi connectivity index (χ2n) is 8.36. The van der Waals surface area contributed by atoms with E-state index in [2.05, 4.69) is 20.2 Å². The Morgan fingerprint density at radius 3 is 2.31 bits per heavy atom. The van der Waals surface area contributed by atoms with E-state index in [0.717, 1.165) is 26.0 Å². The highest BCUT2D eigenvalue weighted by Gasteiger charge is 2.23. The number of aryl methyl sites for hydroxylation is 1. The van der Waals surface area contributed by atoms with Crippen molar-refractivity contribution in [2.45, 2.75) is 13.0 Å². The lowest BCUT2D eigenvalue weighted by Crippen LogP contribution is -2.46. The van der Waals surface area contributed by atoms with Crippen molar-refractivity contribution < 1.29 is 14.3 Å². The highest BCUT2D eigenvalue weighted by Crippen LogP contribution is 2.45. The molecule has 2 aromatic heterocycles. The normalized spacial score (nSPS) is 14.2. The van der Waals surface area contributed by atoms with E-state index < -0.39 is 0 Å². The Balaban J connectivity index is 1.77. The first-order chi connectivity index (χ1) is 17.4. The van der Waals surface area contributed by atoms with Crippen molar-refractivity contribution in [3.63, 3.8) is 0 Å². The van der Waals surface area contributed by atoms with Gasteiger partial charge in [0.15, 0.2) is 0 Å². The number of nitrogens with one attached hydrogen (secondary N) is 1. The molecule has 0 spiro atoms. The van der Waals surface area contributed by atoms with Gasteiger partial charge in [-0.15, -0.1) is 0 Å². The predicted molar refractivity (Wildman–Crippen MR) is 141 cm³/mol. The quantitative estimate of drug-likeness (QED) is 0.418. The van der Waals surface area contributed by atoms with E-state index in [-0.39, 0.29) is 15.6 Å². The van der Waals surface area contributed by atoms with Crippen molar-refractivity contribution in [1.82, 2.24) is 24.3 Å². The zero-order valence-corrected chi connectivity index (χ0v) is 21.9. The van der Waals surface area contributed by atoms with E-state index in [1.807, 2.05) is 0 Å². The summed E-state index contributed by atoms with van der Waals surface area (Å²) in [4.78, 5) is 37.8. The molecule has 0 radical (unpaired) electrons. The van der Waals surface area contributed by atoms with Crippen LogP contribution in [0.3, 0.4) is 0 Å². The number of benzene rings is 1. The number of aromatic nitrogens is 3. The van der Waals surface area contributed by atoms with Crippen molar-refractivity contribution in [2.24, 2.45) is 0 Å². The molecule has 1 amide bonds. The molecule has 0 aliphatic carbocycles. The van der Waals surface area contributed by atoms with Crippen LogP contribution in [0, 0.1) is 0 Å². The number of halogens is 2. The highest BCUT2D eigenvalue weighted by molar-refractivity contribution is 6.41. The van der Waals surface area contributed by atoms with E-state index in [1.165, 1.54) is 14.2 Å². The maximum Gasteiger partial charge on any atom is 0.260 e. The zero-order valence-electron chi connectivity index (χ0n) is 20.4. The molecule has 1 aliphatic heterocycles. The fourth-order valence-corrected chi connectivity index (χ4v) is 5.04. The third kappa shape index (κ3) is 5.07. The van der Waals surface area contributed by atoms with Gasteiger partial charge in [0.05, 0.1) is 29.8 Å². The zero-order chi connectivity index (χ0) is 25.8. The lowest BCUT2D eigenvalue weighted by molar-refractivity contribution is -0.119. The van der Waals surface area contributed by atoms with Crippen LogP contribution in [0.4, 0.5) is 5.95 Å². The van der Waals surface area contributed by atoms with Gasteiger partial charge in [0.2, 0.25) is 12.4 Å². The van der Waals surface area contributed by atoms with Crippen LogP contribution in [0.2, 0.25) is 10.0 Å². The van der Waals surface area contributed by atoms with E-state index in [0.29, 0.717) is 65.7 Å². The lowest BCUT2D eigenvalue weighted by atomic mass is 10.0. The number of anilines is 1. The summed E-state index contributed by atoms with van der Waals surface area (Å²) in [5, 5.41) is 4.02. The molecule has 1 fully saturated rings. The first-order valence-electron chi connectivity index (χ1n) is 11.5. The second-order valence-corrected chi connectivity index (χ2v) is 9.11. The highest BCUT2D eigenvalue weighted by atomic mass is 35.5. The Kier molecular flexibility index (Phi) is 8.17. The third-order valence-corrected chi connectivity index (χ3v) is 7.06. The molecular formula is C24H28Cl2N6O4. The van der Waals surface area contributed by atoms with Crippen molar-refractivity contribution in [2.75, 3.05) is 59.3 Å². The number of piperazine rings is 1. The average molecular weight is 535 g/mol. The van der Waals surface area contributed by atoms with Crippen LogP contribution >= 0.6 is 23.2 Å². The van der Waals surface area contributed by atoms with Crippen molar-refractivity contribution in [1.29, 1.82) is 0 Å². The van der Waals surface area contributed by atoms with E-state index >= 15 is 0 Å². The monoisotopic (exact) mass is 534 g/mol. The first-order valence-corrected chi connectivity index (χ1v) is 12.3. The van der Waals surface area contributed by atoms with Crippen molar-refractivity contribution in [3.05, 3.63) is 38.7 Å². The van der Waals surface area contributed by atoms with Crippen molar-refractivity contribution >= 4 is 46.6 Å². The molecular weight excluding hydrogens is 507 g/mol. The van der Waals surface area contributed by atoms with E-state index in [4.69, 9.17) is 32.7 Å². The summed E-state index contributed by atoms with van der Waals surface area (Å²) >= 11 is 13.3. The number of ether oxygens (including phenoxy) is 2. The van der Waals surface area contributed by atoms with Crippen LogP contribution in [-0.2, 0) is 11.3 Å². The van der Waals surface area contributed by atoms with Gasteiger partial charge in [0, 0.05) is 63.0 Å². The number of fused-ring (bicyclic) bond motifs is 1. The Morgan fingerprint density at radius 2 is 1.72 bits per heavy atom. The molecule has 1 N–H and O–H groups in total. The van der Waals surface area contributed by atoms with Gasteiger partial charge in [-0.2, -0.15) is 4.98 Å². The number of carbonyl (C=O) groups excluding carboxylic acids is 1. The van der Waals surface area contributed by atoms with Crippen LogP contribution in [-0.4, -0.2) is 84.7 Å². The Hall–Kier alpha value is -3.08. The molecule has 3 aromatic rings. The number of hydrogen-bond acceptors (Lipinski definition) is 8. The molecule has 0 unspecified atom stereocenters. The molecule has 4 rings (SSSR count). The van der Waals surface area contributed by atoms with Gasteiger partial charge in [-0.25, -0.2) is 4.98 Å². The Bertz CT molecular complexity index is 1300. The van der Waals surface area contributed by atoms with Crippen molar-refractivity contribution in [3.8, 4) is 22.6 Å². The van der Waals surface area contributed by atoms with Crippen LogP contribution in [0.15, 0.2) is 23.1 Å². The van der Waals surface area contributed by atoms with Crippen LogP contribution in [0.5, 0.6) is 11.5 Å². The number of nitrogens with zero attached hydrogens (tertiary/aromatic N) is 5. The molecule has 192 valence electrons. The van der Waals surface area contributed by atoms with Gasteiger partial charge in [0.1, 0.15) is 17.1 Å². The fourth-order valence-electron chi connectivity index (χ4n) is 4.33. The summed E-state index contributed by atoms with van der Waals surface area (Å²) in [6.45, 7) is 4.21. The largest absolute Gasteiger partial charge is 0.495 e. The van der Waals surface area contributed by atoms with Gasteiger partial charge in [-0.3, -0.25) is 19.1 Å². The molecule has 1 aromatic carbocycles. The number of amides is 1. The summed E-state index contributed by atoms with van der Waals surface area (Å²) < 4.78 is 12.4. The lowest BCUT2D eigenvalue weighted by Gasteiger charge is -2.32. The minimum absolute atomic E-state index is 0.215. The van der Waals surface area contributed by atoms with Gasteiger partial charge in [-0.1, -0.05) is 23.2 Å². The maximum atomic E-state index is 13.9. The third-order valence-electron chi connectivity index (χ3n) is 6.31. The standard InChI is InChI=1S/C24H28Cl2N6O4/c1-27-24-28-13-15-11-16(19-20(25)17(35-2)12-18(36-3)21(19)26)23(34)32(22(15)29-24)6-4-5-30-7-9-31(14-33)10-8-30/h11-14H,4-10H2,1-3H3,(H,27,28,29). The average Bonchev–Trinajstić information content (AvgIpc) is 2.90. The smallest absolute Gasteiger partial charge is 0.260 e. The number of pyridine rings is 1. The number of carbonyl (C=O) groups is 1. The second kappa shape index (κ2) is 11.3.